The molecule has 0 aliphatic rings. The van der Waals surface area contributed by atoms with Crippen LogP contribution in [0.5, 0.6) is 5.75 Å². The van der Waals surface area contributed by atoms with Gasteiger partial charge in [-0.25, -0.2) is 17.2 Å². The largest absolute Gasteiger partial charge is 0.495 e. The van der Waals surface area contributed by atoms with E-state index >= 15 is 0 Å². The molecule has 0 aliphatic carbocycles. The molecule has 2 rings (SSSR count). The molecule has 124 valence electrons. The zero-order valence-electron chi connectivity index (χ0n) is 12.4. The molecule has 0 aromatic heterocycles. The number of sulfonamides is 1. The van der Waals surface area contributed by atoms with Gasteiger partial charge < -0.3 is 4.74 Å². The van der Waals surface area contributed by atoms with Gasteiger partial charge in [0, 0.05) is 25.2 Å². The van der Waals surface area contributed by atoms with E-state index in [1.54, 1.807) is 0 Å². The molecule has 2 aromatic carbocycles. The van der Waals surface area contributed by atoms with Gasteiger partial charge in [-0.3, -0.25) is 0 Å². The Kier molecular flexibility index (Phi) is 5.23. The van der Waals surface area contributed by atoms with Gasteiger partial charge in [0.25, 0.3) is 0 Å². The Morgan fingerprint density at radius 3 is 2.43 bits per heavy atom. The van der Waals surface area contributed by atoms with Crippen LogP contribution in [0.3, 0.4) is 0 Å². The lowest BCUT2D eigenvalue weighted by Crippen LogP contribution is -2.27. The molecule has 0 fully saturated rings. The maximum absolute atomic E-state index is 13.7. The summed E-state index contributed by atoms with van der Waals surface area (Å²) in [6.07, 6.45) is 0. The molecule has 4 nitrogen and oxygen atoms in total. The molecule has 2 aromatic rings. The molecule has 0 aliphatic heterocycles. The topological polar surface area (TPSA) is 46.6 Å². The van der Waals surface area contributed by atoms with Crippen molar-refractivity contribution in [1.82, 2.24) is 4.31 Å². The number of rotatable bonds is 5. The molecular formula is C15H14ClF2NO3S. The van der Waals surface area contributed by atoms with Crippen molar-refractivity contribution < 1.29 is 21.9 Å². The molecule has 0 atom stereocenters. The first-order valence-electron chi connectivity index (χ1n) is 6.49. The third-order valence-corrected chi connectivity index (χ3v) is 5.33. The van der Waals surface area contributed by atoms with Crippen molar-refractivity contribution in [3.63, 3.8) is 0 Å². The van der Waals surface area contributed by atoms with Crippen molar-refractivity contribution >= 4 is 21.6 Å². The molecule has 0 heterocycles. The number of hydrogen-bond donors (Lipinski definition) is 0. The predicted molar refractivity (Wildman–Crippen MR) is 83.0 cm³/mol. The highest BCUT2D eigenvalue weighted by molar-refractivity contribution is 7.89. The standard InChI is InChI=1S/C15H14ClF2NO3S/c1-19(9-10-3-4-11(17)7-14(10)18)23(20,21)12-5-6-15(22-2)13(16)8-12/h3-8H,9H2,1-2H3. The molecule has 0 spiro atoms. The van der Waals surface area contributed by atoms with Gasteiger partial charge in [-0.1, -0.05) is 17.7 Å². The van der Waals surface area contributed by atoms with Gasteiger partial charge in [0.15, 0.2) is 0 Å². The van der Waals surface area contributed by atoms with Crippen molar-refractivity contribution in [3.05, 3.63) is 58.6 Å². The Morgan fingerprint density at radius 2 is 1.87 bits per heavy atom. The number of hydrogen-bond acceptors (Lipinski definition) is 3. The van der Waals surface area contributed by atoms with Crippen molar-refractivity contribution in [2.45, 2.75) is 11.4 Å². The average Bonchev–Trinajstić information content (AvgIpc) is 2.49. The highest BCUT2D eigenvalue weighted by Crippen LogP contribution is 2.28. The van der Waals surface area contributed by atoms with E-state index in [-0.39, 0.29) is 22.0 Å². The SMILES string of the molecule is COc1ccc(S(=O)(=O)N(C)Cc2ccc(F)cc2F)cc1Cl. The van der Waals surface area contributed by atoms with E-state index in [1.807, 2.05) is 0 Å². The first-order chi connectivity index (χ1) is 10.8. The van der Waals surface area contributed by atoms with Crippen LogP contribution in [-0.4, -0.2) is 26.9 Å². The van der Waals surface area contributed by atoms with Gasteiger partial charge in [-0.2, -0.15) is 4.31 Å². The Labute approximate surface area is 138 Å². The lowest BCUT2D eigenvalue weighted by Gasteiger charge is -2.18. The monoisotopic (exact) mass is 361 g/mol. The quantitative estimate of drug-likeness (QED) is 0.819. The molecule has 0 saturated heterocycles. The van der Waals surface area contributed by atoms with Gasteiger partial charge in [0.05, 0.1) is 17.0 Å². The molecule has 0 bridgehead atoms. The second kappa shape index (κ2) is 6.82. The summed E-state index contributed by atoms with van der Waals surface area (Å²) in [5.41, 5.74) is 0.0667. The van der Waals surface area contributed by atoms with E-state index in [0.29, 0.717) is 11.8 Å². The summed E-state index contributed by atoms with van der Waals surface area (Å²) in [5, 5.41) is 0.148. The third-order valence-electron chi connectivity index (χ3n) is 3.24. The first-order valence-corrected chi connectivity index (χ1v) is 8.31. The van der Waals surface area contributed by atoms with E-state index in [9.17, 15) is 17.2 Å². The Hall–Kier alpha value is -1.70. The minimum Gasteiger partial charge on any atom is -0.495 e. The lowest BCUT2D eigenvalue weighted by atomic mass is 10.2. The number of halogens is 3. The van der Waals surface area contributed by atoms with Crippen LogP contribution >= 0.6 is 11.6 Å². The smallest absolute Gasteiger partial charge is 0.243 e. The molecule has 0 radical (unpaired) electrons. The summed E-state index contributed by atoms with van der Waals surface area (Å²) in [6, 6.07) is 7.02. The number of methoxy groups -OCH3 is 1. The highest BCUT2D eigenvalue weighted by atomic mass is 35.5. The average molecular weight is 362 g/mol. The van der Waals surface area contributed by atoms with E-state index in [1.165, 1.54) is 38.4 Å². The summed E-state index contributed by atoms with van der Waals surface area (Å²) >= 11 is 5.93. The molecule has 23 heavy (non-hydrogen) atoms. The molecule has 0 amide bonds. The molecule has 0 N–H and O–H groups in total. The summed E-state index contributed by atoms with van der Waals surface area (Å²) in [7, 11) is -1.16. The van der Waals surface area contributed by atoms with E-state index in [0.717, 1.165) is 10.4 Å². The second-order valence-corrected chi connectivity index (χ2v) is 7.25. The van der Waals surface area contributed by atoms with Crippen LogP contribution in [-0.2, 0) is 16.6 Å². The zero-order chi connectivity index (χ0) is 17.2. The van der Waals surface area contributed by atoms with Crippen molar-refractivity contribution in [3.8, 4) is 5.75 Å². The van der Waals surface area contributed by atoms with Gasteiger partial charge in [-0.15, -0.1) is 0 Å². The van der Waals surface area contributed by atoms with Gasteiger partial charge in [0.1, 0.15) is 17.4 Å². The fourth-order valence-corrected chi connectivity index (χ4v) is 3.46. The molecular weight excluding hydrogens is 348 g/mol. The van der Waals surface area contributed by atoms with Crippen LogP contribution in [0.2, 0.25) is 5.02 Å². The Balaban J connectivity index is 2.29. The summed E-state index contributed by atoms with van der Waals surface area (Å²) in [6.45, 7) is -0.238. The number of ether oxygens (including phenoxy) is 1. The van der Waals surface area contributed by atoms with E-state index in [4.69, 9.17) is 16.3 Å². The van der Waals surface area contributed by atoms with Crippen LogP contribution in [0.1, 0.15) is 5.56 Å². The summed E-state index contributed by atoms with van der Waals surface area (Å²) in [5.74, 6) is -1.18. The third kappa shape index (κ3) is 3.80. The maximum atomic E-state index is 13.7. The molecule has 8 heteroatoms. The van der Waals surface area contributed by atoms with Crippen molar-refractivity contribution in [2.75, 3.05) is 14.2 Å². The molecule has 0 saturated carbocycles. The fourth-order valence-electron chi connectivity index (χ4n) is 1.96. The van der Waals surface area contributed by atoms with Crippen molar-refractivity contribution in [1.29, 1.82) is 0 Å². The van der Waals surface area contributed by atoms with E-state index < -0.39 is 21.7 Å². The Bertz CT molecular complexity index is 827. The number of benzene rings is 2. The molecule has 0 unspecified atom stereocenters. The maximum Gasteiger partial charge on any atom is 0.243 e. The summed E-state index contributed by atoms with van der Waals surface area (Å²) < 4.78 is 57.5. The first kappa shape index (κ1) is 17.7. The van der Waals surface area contributed by atoms with Crippen LogP contribution in [0.4, 0.5) is 8.78 Å². The van der Waals surface area contributed by atoms with Gasteiger partial charge in [-0.05, 0) is 24.3 Å². The lowest BCUT2D eigenvalue weighted by molar-refractivity contribution is 0.414. The minimum atomic E-state index is -3.88. The van der Waals surface area contributed by atoms with Crippen LogP contribution in [0.15, 0.2) is 41.3 Å². The number of nitrogens with zero attached hydrogens (tertiary/aromatic N) is 1. The fraction of sp³-hybridized carbons (Fsp3) is 0.200. The second-order valence-electron chi connectivity index (χ2n) is 4.79. The van der Waals surface area contributed by atoms with E-state index in [2.05, 4.69) is 0 Å². The normalized spacial score (nSPS) is 11.7. The van der Waals surface area contributed by atoms with Crippen LogP contribution in [0.25, 0.3) is 0 Å². The minimum absolute atomic E-state index is 0.0479. The Morgan fingerprint density at radius 1 is 1.17 bits per heavy atom. The predicted octanol–water partition coefficient (Wildman–Crippen LogP) is 3.45. The highest BCUT2D eigenvalue weighted by Gasteiger charge is 2.23. The van der Waals surface area contributed by atoms with Crippen LogP contribution in [0, 0.1) is 11.6 Å². The van der Waals surface area contributed by atoms with Gasteiger partial charge in [0.2, 0.25) is 10.0 Å². The van der Waals surface area contributed by atoms with Gasteiger partial charge >= 0.3 is 0 Å². The van der Waals surface area contributed by atoms with Crippen molar-refractivity contribution in [2.24, 2.45) is 0 Å². The van der Waals surface area contributed by atoms with Crippen LogP contribution < -0.4 is 4.74 Å². The summed E-state index contributed by atoms with van der Waals surface area (Å²) in [4.78, 5) is -0.0479. The zero-order valence-corrected chi connectivity index (χ0v) is 14.0.